The number of nitrogens with zero attached hydrogens (tertiary/aromatic N) is 1. The van der Waals surface area contributed by atoms with Crippen molar-refractivity contribution < 1.29 is 0 Å². The Hall–Kier alpha value is -0.0900. The molecule has 0 aliphatic heterocycles. The molecule has 1 aromatic carbocycles. The predicted molar refractivity (Wildman–Crippen MR) is 76.1 cm³/mol. The van der Waals surface area contributed by atoms with Gasteiger partial charge in [-0.25, -0.2) is 0 Å². The van der Waals surface area contributed by atoms with E-state index in [0.717, 1.165) is 6.54 Å². The van der Waals surface area contributed by atoms with Gasteiger partial charge in [0.1, 0.15) is 0 Å². The van der Waals surface area contributed by atoms with Crippen LogP contribution in [0.5, 0.6) is 0 Å². The van der Waals surface area contributed by atoms with E-state index in [9.17, 15) is 0 Å². The molecule has 0 radical (unpaired) electrons. The van der Waals surface area contributed by atoms with Crippen LogP contribution in [-0.4, -0.2) is 24.5 Å². The molecule has 0 heterocycles. The molecule has 0 saturated heterocycles. The van der Waals surface area contributed by atoms with E-state index >= 15 is 0 Å². The minimum Gasteiger partial charge on any atom is -0.329 e. The molecule has 0 amide bonds. The van der Waals surface area contributed by atoms with Crippen LogP contribution in [0.1, 0.15) is 18.1 Å². The van der Waals surface area contributed by atoms with Gasteiger partial charge in [0.2, 0.25) is 0 Å². The summed E-state index contributed by atoms with van der Waals surface area (Å²) in [6, 6.07) is 6.87. The first kappa shape index (κ1) is 15.9. The lowest BCUT2D eigenvalue weighted by Gasteiger charge is -2.23. The van der Waals surface area contributed by atoms with E-state index < -0.39 is 0 Å². The van der Waals surface area contributed by atoms with Crippen LogP contribution in [0.4, 0.5) is 0 Å². The van der Waals surface area contributed by atoms with Crippen molar-refractivity contribution in [2.24, 2.45) is 5.73 Å². The van der Waals surface area contributed by atoms with Gasteiger partial charge in [-0.05, 0) is 38.1 Å². The van der Waals surface area contributed by atoms with Crippen molar-refractivity contribution in [1.29, 1.82) is 0 Å². The molecule has 1 atom stereocenters. The van der Waals surface area contributed by atoms with Gasteiger partial charge in [-0.3, -0.25) is 4.90 Å². The highest BCUT2D eigenvalue weighted by Crippen LogP contribution is 2.20. The van der Waals surface area contributed by atoms with Gasteiger partial charge in [-0.2, -0.15) is 0 Å². The summed E-state index contributed by atoms with van der Waals surface area (Å²) >= 11 is 3.59. The average molecular weight is 308 g/mol. The quantitative estimate of drug-likeness (QED) is 0.926. The minimum absolute atomic E-state index is 0. The summed E-state index contributed by atoms with van der Waals surface area (Å²) in [4.78, 5) is 2.26. The van der Waals surface area contributed by atoms with Crippen molar-refractivity contribution in [3.05, 3.63) is 33.8 Å². The van der Waals surface area contributed by atoms with Crippen LogP contribution in [0.2, 0.25) is 0 Å². The van der Waals surface area contributed by atoms with Gasteiger partial charge in [0.05, 0.1) is 0 Å². The van der Waals surface area contributed by atoms with Crippen molar-refractivity contribution in [3.63, 3.8) is 0 Å². The molecule has 1 rings (SSSR count). The molecule has 2 N–H and O–H groups in total. The molecule has 0 bridgehead atoms. The van der Waals surface area contributed by atoms with Crippen LogP contribution in [-0.2, 0) is 6.54 Å². The third kappa shape index (κ3) is 4.42. The van der Waals surface area contributed by atoms with Crippen LogP contribution in [0.25, 0.3) is 0 Å². The predicted octanol–water partition coefficient (Wildman–Crippen LogP) is 2.96. The SMILES string of the molecule is Cc1ccc(CN(C)C(C)CN)c(Br)c1.Cl. The largest absolute Gasteiger partial charge is 0.329 e. The molecule has 0 aromatic heterocycles. The Morgan fingerprint density at radius 1 is 1.44 bits per heavy atom. The molecule has 1 aromatic rings. The number of hydrogen-bond acceptors (Lipinski definition) is 2. The van der Waals surface area contributed by atoms with Crippen molar-refractivity contribution >= 4 is 28.3 Å². The Kier molecular flexibility index (Phi) is 7.24. The molecule has 0 aliphatic carbocycles. The maximum atomic E-state index is 5.64. The zero-order valence-corrected chi connectivity index (χ0v) is 12.4. The fourth-order valence-electron chi connectivity index (χ4n) is 1.39. The Balaban J connectivity index is 0.00000225. The smallest absolute Gasteiger partial charge is 0.0245 e. The molecule has 92 valence electrons. The van der Waals surface area contributed by atoms with E-state index in [1.54, 1.807) is 0 Å². The number of halogens is 2. The number of nitrogens with two attached hydrogens (primary N) is 1. The summed E-state index contributed by atoms with van der Waals surface area (Å²) in [5, 5.41) is 0. The molecular weight excluding hydrogens is 288 g/mol. The molecule has 0 aliphatic rings. The van der Waals surface area contributed by atoms with Gasteiger partial charge < -0.3 is 5.73 Å². The zero-order valence-electron chi connectivity index (χ0n) is 10.0. The van der Waals surface area contributed by atoms with Gasteiger partial charge in [0.15, 0.2) is 0 Å². The van der Waals surface area contributed by atoms with E-state index in [0.29, 0.717) is 12.6 Å². The van der Waals surface area contributed by atoms with Crippen LogP contribution < -0.4 is 5.73 Å². The van der Waals surface area contributed by atoms with E-state index in [2.05, 4.69) is 59.9 Å². The number of rotatable bonds is 4. The topological polar surface area (TPSA) is 29.3 Å². The maximum Gasteiger partial charge on any atom is 0.0245 e. The molecular formula is C12H20BrClN2. The minimum atomic E-state index is 0. The van der Waals surface area contributed by atoms with Gasteiger partial charge >= 0.3 is 0 Å². The molecule has 2 nitrogen and oxygen atoms in total. The van der Waals surface area contributed by atoms with Crippen LogP contribution in [0.3, 0.4) is 0 Å². The highest BCUT2D eigenvalue weighted by Gasteiger charge is 2.09. The second kappa shape index (κ2) is 7.28. The zero-order chi connectivity index (χ0) is 11.4. The summed E-state index contributed by atoms with van der Waals surface area (Å²) in [6.45, 7) is 5.86. The highest BCUT2D eigenvalue weighted by atomic mass is 79.9. The van der Waals surface area contributed by atoms with Gasteiger partial charge in [0, 0.05) is 23.6 Å². The van der Waals surface area contributed by atoms with Crippen molar-refractivity contribution in [2.45, 2.75) is 26.4 Å². The molecule has 0 saturated carbocycles. The second-order valence-electron chi connectivity index (χ2n) is 4.09. The summed E-state index contributed by atoms with van der Waals surface area (Å²) in [7, 11) is 2.10. The molecule has 4 heteroatoms. The number of likely N-dealkylation sites (N-methyl/N-ethyl adjacent to an activating group) is 1. The van der Waals surface area contributed by atoms with Gasteiger partial charge in [-0.15, -0.1) is 12.4 Å². The monoisotopic (exact) mass is 306 g/mol. The first-order valence-corrected chi connectivity index (χ1v) is 5.99. The highest BCUT2D eigenvalue weighted by molar-refractivity contribution is 9.10. The third-order valence-corrected chi connectivity index (χ3v) is 3.46. The number of aryl methyl sites for hydroxylation is 1. The molecule has 0 spiro atoms. The van der Waals surface area contributed by atoms with Crippen LogP contribution >= 0.6 is 28.3 Å². The van der Waals surface area contributed by atoms with Crippen molar-refractivity contribution in [1.82, 2.24) is 4.90 Å². The lowest BCUT2D eigenvalue weighted by atomic mass is 10.1. The van der Waals surface area contributed by atoms with E-state index in [1.807, 2.05) is 0 Å². The van der Waals surface area contributed by atoms with Crippen LogP contribution in [0.15, 0.2) is 22.7 Å². The van der Waals surface area contributed by atoms with Gasteiger partial charge in [0.25, 0.3) is 0 Å². The first-order chi connectivity index (χ1) is 7.04. The van der Waals surface area contributed by atoms with Crippen LogP contribution in [0, 0.1) is 6.92 Å². The fraction of sp³-hybridized carbons (Fsp3) is 0.500. The molecule has 0 fully saturated rings. The lowest BCUT2D eigenvalue weighted by Crippen LogP contribution is -2.34. The average Bonchev–Trinajstić information content (AvgIpc) is 2.20. The second-order valence-corrected chi connectivity index (χ2v) is 4.95. The Morgan fingerprint density at radius 2 is 2.06 bits per heavy atom. The summed E-state index contributed by atoms with van der Waals surface area (Å²) in [5.74, 6) is 0. The van der Waals surface area contributed by atoms with Crippen molar-refractivity contribution in [3.8, 4) is 0 Å². The maximum absolute atomic E-state index is 5.64. The standard InChI is InChI=1S/C12H19BrN2.ClH/c1-9-4-5-11(12(13)6-9)8-15(3)10(2)7-14;/h4-6,10H,7-8,14H2,1-3H3;1H. The number of hydrogen-bond donors (Lipinski definition) is 1. The van der Waals surface area contributed by atoms with E-state index in [1.165, 1.54) is 15.6 Å². The first-order valence-electron chi connectivity index (χ1n) is 5.20. The van der Waals surface area contributed by atoms with E-state index in [4.69, 9.17) is 5.73 Å². The Labute approximate surface area is 113 Å². The van der Waals surface area contributed by atoms with Crippen molar-refractivity contribution in [2.75, 3.05) is 13.6 Å². The van der Waals surface area contributed by atoms with Gasteiger partial charge in [-0.1, -0.05) is 28.1 Å². The normalized spacial score (nSPS) is 12.4. The lowest BCUT2D eigenvalue weighted by molar-refractivity contribution is 0.254. The Bertz CT molecular complexity index is 331. The summed E-state index contributed by atoms with van der Waals surface area (Å²) in [5.41, 5.74) is 8.22. The number of benzene rings is 1. The molecule has 16 heavy (non-hydrogen) atoms. The fourth-order valence-corrected chi connectivity index (χ4v) is 2.00. The summed E-state index contributed by atoms with van der Waals surface area (Å²) < 4.78 is 1.18. The third-order valence-electron chi connectivity index (χ3n) is 2.72. The van der Waals surface area contributed by atoms with E-state index in [-0.39, 0.29) is 12.4 Å². The Morgan fingerprint density at radius 3 is 2.56 bits per heavy atom. The summed E-state index contributed by atoms with van der Waals surface area (Å²) in [6.07, 6.45) is 0. The molecule has 1 unspecified atom stereocenters.